The molecule has 4 rings (SSSR count). The van der Waals surface area contributed by atoms with Gasteiger partial charge in [0.2, 0.25) is 0 Å². The van der Waals surface area contributed by atoms with Gasteiger partial charge < -0.3 is 4.42 Å². The Bertz CT molecular complexity index is 976. The summed E-state index contributed by atoms with van der Waals surface area (Å²) in [6.07, 6.45) is 1.67. The van der Waals surface area contributed by atoms with Gasteiger partial charge in [-0.1, -0.05) is 6.07 Å². The van der Waals surface area contributed by atoms with Crippen LogP contribution in [0.3, 0.4) is 0 Å². The topological polar surface area (TPSA) is 43.9 Å². The van der Waals surface area contributed by atoms with E-state index in [-0.39, 0.29) is 11.0 Å². The summed E-state index contributed by atoms with van der Waals surface area (Å²) in [6.45, 7) is 0. The Morgan fingerprint density at radius 3 is 2.77 bits per heavy atom. The zero-order chi connectivity index (χ0) is 15.1. The Kier molecular flexibility index (Phi) is 2.94. The van der Waals surface area contributed by atoms with Crippen LogP contribution in [0.4, 0.5) is 4.39 Å². The number of hydrogen-bond donors (Lipinski definition) is 0. The Morgan fingerprint density at radius 2 is 2.00 bits per heavy atom. The Hall–Kier alpha value is -2.66. The summed E-state index contributed by atoms with van der Waals surface area (Å²) in [5, 5.41) is 0.265. The first-order valence-electron chi connectivity index (χ1n) is 6.57. The van der Waals surface area contributed by atoms with Crippen LogP contribution in [-0.2, 0) is 0 Å². The van der Waals surface area contributed by atoms with Gasteiger partial charge in [-0.3, -0.25) is 4.57 Å². The molecule has 108 valence electrons. The molecule has 0 atom stereocenters. The molecule has 0 unspecified atom stereocenters. The molecule has 0 aliphatic rings. The molecule has 0 saturated carbocycles. The van der Waals surface area contributed by atoms with Crippen LogP contribution in [-0.4, -0.2) is 14.5 Å². The fourth-order valence-electron chi connectivity index (χ4n) is 2.37. The molecule has 0 aliphatic carbocycles. The molecule has 4 aromatic rings. The van der Waals surface area contributed by atoms with Gasteiger partial charge in [0, 0.05) is 6.20 Å². The second kappa shape index (κ2) is 4.96. The molecule has 0 amide bonds. The molecule has 1 aromatic carbocycles. The Balaban J connectivity index is 2.06. The number of benzene rings is 1. The van der Waals surface area contributed by atoms with Crippen molar-refractivity contribution in [3.63, 3.8) is 0 Å². The molecule has 22 heavy (non-hydrogen) atoms. The van der Waals surface area contributed by atoms with Gasteiger partial charge in [-0.2, -0.15) is 0 Å². The molecule has 6 heteroatoms. The molecule has 4 nitrogen and oxygen atoms in total. The van der Waals surface area contributed by atoms with E-state index in [9.17, 15) is 4.39 Å². The maximum absolute atomic E-state index is 13.6. The van der Waals surface area contributed by atoms with Gasteiger partial charge in [0.15, 0.2) is 22.5 Å². The highest BCUT2D eigenvalue weighted by molar-refractivity contribution is 6.28. The van der Waals surface area contributed by atoms with Gasteiger partial charge >= 0.3 is 0 Å². The van der Waals surface area contributed by atoms with Crippen LogP contribution < -0.4 is 0 Å². The number of rotatable bonds is 2. The lowest BCUT2D eigenvalue weighted by molar-refractivity contribution is 0.578. The molecule has 0 bridgehead atoms. The molecule has 0 spiro atoms. The van der Waals surface area contributed by atoms with Gasteiger partial charge in [0.05, 0.1) is 5.69 Å². The van der Waals surface area contributed by atoms with Crippen molar-refractivity contribution < 1.29 is 8.81 Å². The molecule has 0 aliphatic heterocycles. The van der Waals surface area contributed by atoms with Crippen LogP contribution in [0.1, 0.15) is 0 Å². The number of halogens is 2. The number of nitrogens with zero attached hydrogens (tertiary/aromatic N) is 3. The van der Waals surface area contributed by atoms with Crippen molar-refractivity contribution in [3.8, 4) is 17.3 Å². The molecule has 0 fully saturated rings. The predicted octanol–water partition coefficient (Wildman–Crippen LogP) is 4.47. The zero-order valence-electron chi connectivity index (χ0n) is 11.2. The third-order valence-corrected chi connectivity index (χ3v) is 3.48. The third-order valence-electron chi connectivity index (χ3n) is 3.28. The summed E-state index contributed by atoms with van der Waals surface area (Å²) >= 11 is 5.85. The van der Waals surface area contributed by atoms with Crippen LogP contribution in [0.5, 0.6) is 0 Å². The molecular formula is C16H9ClFN3O. The summed E-state index contributed by atoms with van der Waals surface area (Å²) in [6, 6.07) is 13.2. The largest absolute Gasteiger partial charge is 0.441 e. The van der Waals surface area contributed by atoms with Crippen LogP contribution in [0, 0.1) is 5.82 Å². The number of hydrogen-bond acceptors (Lipinski definition) is 3. The lowest BCUT2D eigenvalue weighted by Crippen LogP contribution is -1.98. The van der Waals surface area contributed by atoms with E-state index in [1.807, 2.05) is 6.07 Å². The van der Waals surface area contributed by atoms with Gasteiger partial charge in [-0.15, -0.1) is 0 Å². The second-order valence-electron chi connectivity index (χ2n) is 4.70. The monoisotopic (exact) mass is 313 g/mol. The molecular weight excluding hydrogens is 305 g/mol. The van der Waals surface area contributed by atoms with E-state index in [0.717, 1.165) is 0 Å². The van der Waals surface area contributed by atoms with Crippen molar-refractivity contribution in [1.29, 1.82) is 0 Å². The number of fused-ring (bicyclic) bond motifs is 1. The smallest absolute Gasteiger partial charge is 0.194 e. The highest BCUT2D eigenvalue weighted by atomic mass is 35.5. The van der Waals surface area contributed by atoms with E-state index >= 15 is 0 Å². The molecule has 0 radical (unpaired) electrons. The number of imidazole rings is 1. The quantitative estimate of drug-likeness (QED) is 0.548. The lowest BCUT2D eigenvalue weighted by Gasteiger charge is -2.07. The fraction of sp³-hybridized carbons (Fsp3) is 0. The maximum atomic E-state index is 13.6. The van der Waals surface area contributed by atoms with Gasteiger partial charge in [0.1, 0.15) is 11.3 Å². The predicted molar refractivity (Wildman–Crippen MR) is 81.5 cm³/mol. The average Bonchev–Trinajstić information content (AvgIpc) is 3.10. The summed E-state index contributed by atoms with van der Waals surface area (Å²) in [4.78, 5) is 8.87. The van der Waals surface area contributed by atoms with Crippen molar-refractivity contribution in [2.24, 2.45) is 0 Å². The van der Waals surface area contributed by atoms with Gasteiger partial charge in [-0.05, 0) is 54.1 Å². The Morgan fingerprint density at radius 1 is 1.09 bits per heavy atom. The fourth-order valence-corrected chi connectivity index (χ4v) is 2.52. The number of aromatic nitrogens is 3. The third kappa shape index (κ3) is 2.07. The van der Waals surface area contributed by atoms with Crippen LogP contribution in [0.15, 0.2) is 59.1 Å². The molecule has 0 saturated heterocycles. The van der Waals surface area contributed by atoms with Crippen LogP contribution >= 0.6 is 11.6 Å². The van der Waals surface area contributed by atoms with Crippen LogP contribution in [0.2, 0.25) is 5.22 Å². The average molecular weight is 314 g/mol. The van der Waals surface area contributed by atoms with Crippen LogP contribution in [0.25, 0.3) is 28.4 Å². The minimum atomic E-state index is -0.335. The van der Waals surface area contributed by atoms with Crippen molar-refractivity contribution >= 4 is 22.8 Å². The van der Waals surface area contributed by atoms with E-state index in [1.165, 1.54) is 12.1 Å². The number of pyridine rings is 1. The lowest BCUT2D eigenvalue weighted by atomic mass is 10.3. The highest BCUT2D eigenvalue weighted by Gasteiger charge is 2.18. The number of furan rings is 1. The van der Waals surface area contributed by atoms with E-state index < -0.39 is 0 Å². The normalized spacial score (nSPS) is 11.2. The second-order valence-corrected chi connectivity index (χ2v) is 5.07. The minimum Gasteiger partial charge on any atom is -0.441 e. The van der Waals surface area contributed by atoms with E-state index in [2.05, 4.69) is 9.97 Å². The van der Waals surface area contributed by atoms with Crippen molar-refractivity contribution in [3.05, 3.63) is 65.8 Å². The Labute approximate surface area is 129 Å². The highest BCUT2D eigenvalue weighted by Crippen LogP contribution is 2.30. The molecule has 0 N–H and O–H groups in total. The van der Waals surface area contributed by atoms with E-state index in [1.54, 1.807) is 41.1 Å². The summed E-state index contributed by atoms with van der Waals surface area (Å²) in [7, 11) is 0. The molecule has 3 heterocycles. The van der Waals surface area contributed by atoms with Crippen molar-refractivity contribution in [1.82, 2.24) is 14.5 Å². The summed E-state index contributed by atoms with van der Waals surface area (Å²) in [5.41, 5.74) is 1.92. The minimum absolute atomic E-state index is 0.265. The summed E-state index contributed by atoms with van der Waals surface area (Å²) in [5.74, 6) is 0.678. The first-order chi connectivity index (χ1) is 10.7. The van der Waals surface area contributed by atoms with Crippen molar-refractivity contribution in [2.45, 2.75) is 0 Å². The SMILES string of the molecule is Fc1cccc(-n2c(-c3ccc(Cl)o3)nc3cccnc32)c1. The van der Waals surface area contributed by atoms with E-state index in [4.69, 9.17) is 16.0 Å². The van der Waals surface area contributed by atoms with Crippen molar-refractivity contribution in [2.75, 3.05) is 0 Å². The van der Waals surface area contributed by atoms with Gasteiger partial charge in [0.25, 0.3) is 0 Å². The first-order valence-corrected chi connectivity index (χ1v) is 6.95. The van der Waals surface area contributed by atoms with Gasteiger partial charge in [-0.25, -0.2) is 14.4 Å². The maximum Gasteiger partial charge on any atom is 0.194 e. The zero-order valence-corrected chi connectivity index (χ0v) is 12.0. The first kappa shape index (κ1) is 13.0. The molecule has 3 aromatic heterocycles. The van der Waals surface area contributed by atoms with E-state index in [0.29, 0.717) is 28.4 Å². The summed E-state index contributed by atoms with van der Waals surface area (Å²) < 4.78 is 20.8. The standard InChI is InChI=1S/C16H9ClFN3O/c17-14-7-6-13(22-14)16-20-12-5-2-8-19-15(12)21(16)11-4-1-3-10(18)9-11/h1-9H.